The second kappa shape index (κ2) is 4.54. The summed E-state index contributed by atoms with van der Waals surface area (Å²) >= 11 is 4.77. The number of fused-ring (bicyclic) bond motifs is 1. The lowest BCUT2D eigenvalue weighted by Crippen LogP contribution is -2.29. The Labute approximate surface area is 120 Å². The van der Waals surface area contributed by atoms with Crippen LogP contribution in [0.4, 0.5) is 10.1 Å². The van der Waals surface area contributed by atoms with Crippen molar-refractivity contribution in [3.8, 4) is 0 Å². The van der Waals surface area contributed by atoms with E-state index in [2.05, 4.69) is 15.9 Å². The molecule has 1 aromatic carbocycles. The number of benzene rings is 1. The lowest BCUT2D eigenvalue weighted by Gasteiger charge is -2.15. The van der Waals surface area contributed by atoms with Crippen LogP contribution in [0.25, 0.3) is 0 Å². The molecule has 0 atom stereocenters. The molecule has 0 bridgehead atoms. The van der Waals surface area contributed by atoms with Crippen molar-refractivity contribution in [2.75, 3.05) is 4.90 Å². The van der Waals surface area contributed by atoms with Gasteiger partial charge in [-0.2, -0.15) is 0 Å². The second-order valence-corrected chi connectivity index (χ2v) is 6.00. The Hall–Kier alpha value is -1.53. The molecule has 0 N–H and O–H groups in total. The monoisotopic (exact) mass is 339 g/mol. The van der Waals surface area contributed by atoms with E-state index in [9.17, 15) is 14.0 Å². The third-order valence-electron chi connectivity index (χ3n) is 2.88. The van der Waals surface area contributed by atoms with Gasteiger partial charge in [-0.05, 0) is 34.1 Å². The highest BCUT2D eigenvalue weighted by Gasteiger charge is 2.37. The van der Waals surface area contributed by atoms with Gasteiger partial charge in [-0.1, -0.05) is 6.07 Å². The number of hydrogen-bond donors (Lipinski definition) is 0. The maximum atomic E-state index is 13.8. The van der Waals surface area contributed by atoms with Gasteiger partial charge in [0.15, 0.2) is 0 Å². The molecule has 3 nitrogen and oxygen atoms in total. The summed E-state index contributed by atoms with van der Waals surface area (Å²) in [5.41, 5.74) is 0.225. The van der Waals surface area contributed by atoms with Crippen LogP contribution in [0.2, 0.25) is 0 Å². The fourth-order valence-electron chi connectivity index (χ4n) is 2.06. The molecule has 2 heterocycles. The van der Waals surface area contributed by atoms with Crippen LogP contribution in [0.5, 0.6) is 0 Å². The molecule has 0 radical (unpaired) electrons. The molecule has 0 aliphatic carbocycles. The van der Waals surface area contributed by atoms with Crippen LogP contribution in [-0.2, 0) is 11.3 Å². The molecule has 3 rings (SSSR count). The van der Waals surface area contributed by atoms with Gasteiger partial charge in [0.05, 0.1) is 17.8 Å². The Bertz CT molecular complexity index is 698. The molecule has 2 aromatic rings. The van der Waals surface area contributed by atoms with Crippen molar-refractivity contribution >= 4 is 44.6 Å². The summed E-state index contributed by atoms with van der Waals surface area (Å²) < 4.78 is 14.7. The van der Waals surface area contributed by atoms with Crippen molar-refractivity contribution in [1.29, 1.82) is 0 Å². The minimum atomic E-state index is -0.676. The summed E-state index contributed by atoms with van der Waals surface area (Å²) in [6.45, 7) is 0.203. The molecular formula is C13H7BrFNO2S. The van der Waals surface area contributed by atoms with Crippen molar-refractivity contribution in [1.82, 2.24) is 0 Å². The number of nitrogens with zero attached hydrogens (tertiary/aromatic N) is 1. The third-order valence-corrected chi connectivity index (χ3v) is 4.56. The molecule has 1 aromatic heterocycles. The number of hydrogen-bond acceptors (Lipinski definition) is 3. The second-order valence-electron chi connectivity index (χ2n) is 4.09. The SMILES string of the molecule is O=C1C(=O)N(Cc2cc(Br)cs2)c2c(F)cccc21. The first kappa shape index (κ1) is 12.5. The number of halogens is 2. The Kier molecular flexibility index (Phi) is 2.99. The van der Waals surface area contributed by atoms with Gasteiger partial charge in [0.2, 0.25) is 0 Å². The van der Waals surface area contributed by atoms with Crippen molar-refractivity contribution in [2.24, 2.45) is 0 Å². The summed E-state index contributed by atoms with van der Waals surface area (Å²) in [7, 11) is 0. The Morgan fingerprint density at radius 2 is 2.11 bits per heavy atom. The molecule has 1 aliphatic heterocycles. The topological polar surface area (TPSA) is 37.4 Å². The van der Waals surface area contributed by atoms with Crippen molar-refractivity contribution in [3.63, 3.8) is 0 Å². The van der Waals surface area contributed by atoms with Crippen LogP contribution in [0.1, 0.15) is 15.2 Å². The molecule has 6 heteroatoms. The third kappa shape index (κ3) is 2.01. The van der Waals surface area contributed by atoms with Crippen molar-refractivity contribution < 1.29 is 14.0 Å². The fourth-order valence-corrected chi connectivity index (χ4v) is 3.49. The van der Waals surface area contributed by atoms with Crippen molar-refractivity contribution in [2.45, 2.75) is 6.54 Å². The number of para-hydroxylation sites is 1. The van der Waals surface area contributed by atoms with Crippen LogP contribution in [0, 0.1) is 5.82 Å². The van der Waals surface area contributed by atoms with E-state index in [0.29, 0.717) is 0 Å². The predicted octanol–water partition coefficient (Wildman–Crippen LogP) is 3.38. The van der Waals surface area contributed by atoms with Crippen LogP contribution in [-0.4, -0.2) is 11.7 Å². The zero-order chi connectivity index (χ0) is 13.6. The summed E-state index contributed by atoms with van der Waals surface area (Å²) in [6.07, 6.45) is 0. The molecular weight excluding hydrogens is 333 g/mol. The van der Waals surface area contributed by atoms with Gasteiger partial charge in [-0.25, -0.2) is 4.39 Å². The molecule has 0 saturated heterocycles. The average Bonchev–Trinajstić information content (AvgIpc) is 2.89. The van der Waals surface area contributed by atoms with Gasteiger partial charge in [-0.15, -0.1) is 11.3 Å². The Morgan fingerprint density at radius 3 is 2.79 bits per heavy atom. The molecule has 0 spiro atoms. The average molecular weight is 340 g/mol. The Balaban J connectivity index is 2.04. The maximum Gasteiger partial charge on any atom is 0.299 e. The van der Waals surface area contributed by atoms with Gasteiger partial charge in [0.1, 0.15) is 5.82 Å². The maximum absolute atomic E-state index is 13.8. The molecule has 0 saturated carbocycles. The number of Topliss-reactive ketones (excluding diaryl/α,β-unsaturated/α-hetero) is 1. The van der Waals surface area contributed by atoms with Gasteiger partial charge >= 0.3 is 0 Å². The van der Waals surface area contributed by atoms with Gasteiger partial charge in [0.25, 0.3) is 11.7 Å². The fraction of sp³-hybridized carbons (Fsp3) is 0.0769. The molecule has 96 valence electrons. The van der Waals surface area contributed by atoms with Crippen LogP contribution < -0.4 is 4.90 Å². The van der Waals surface area contributed by atoms with E-state index in [1.165, 1.54) is 34.4 Å². The quantitative estimate of drug-likeness (QED) is 0.786. The van der Waals surface area contributed by atoms with Crippen molar-refractivity contribution in [3.05, 3.63) is 50.4 Å². The largest absolute Gasteiger partial charge is 0.299 e. The Morgan fingerprint density at radius 1 is 1.32 bits per heavy atom. The number of ketones is 1. The molecule has 0 fully saturated rings. The highest BCUT2D eigenvalue weighted by Crippen LogP contribution is 2.34. The first-order chi connectivity index (χ1) is 9.08. The van der Waals surface area contributed by atoms with Crippen LogP contribution >= 0.6 is 27.3 Å². The lowest BCUT2D eigenvalue weighted by molar-refractivity contribution is -0.114. The number of carbonyl (C=O) groups is 2. The van der Waals surface area contributed by atoms with Crippen LogP contribution in [0.15, 0.2) is 34.1 Å². The van der Waals surface area contributed by atoms with E-state index in [1.807, 2.05) is 11.4 Å². The van der Waals surface area contributed by atoms with E-state index in [1.54, 1.807) is 0 Å². The minimum Gasteiger partial charge on any atom is -0.297 e. The number of anilines is 1. The van der Waals surface area contributed by atoms with Gasteiger partial charge in [0, 0.05) is 14.7 Å². The first-order valence-electron chi connectivity index (χ1n) is 5.45. The van der Waals surface area contributed by atoms with E-state index in [4.69, 9.17) is 0 Å². The van der Waals surface area contributed by atoms with Gasteiger partial charge in [-0.3, -0.25) is 14.5 Å². The summed E-state index contributed by atoms with van der Waals surface area (Å²) in [6, 6.07) is 6.01. The van der Waals surface area contributed by atoms with Crippen LogP contribution in [0.3, 0.4) is 0 Å². The zero-order valence-electron chi connectivity index (χ0n) is 9.52. The van der Waals surface area contributed by atoms with E-state index in [0.717, 1.165) is 9.35 Å². The minimum absolute atomic E-state index is 0.0852. The molecule has 0 unspecified atom stereocenters. The predicted molar refractivity (Wildman–Crippen MR) is 73.9 cm³/mol. The number of carbonyl (C=O) groups excluding carboxylic acids is 2. The summed E-state index contributed by atoms with van der Waals surface area (Å²) in [4.78, 5) is 25.8. The first-order valence-corrected chi connectivity index (χ1v) is 7.13. The molecule has 19 heavy (non-hydrogen) atoms. The summed E-state index contributed by atoms with van der Waals surface area (Å²) in [5, 5.41) is 1.87. The normalized spacial score (nSPS) is 14.1. The van der Waals surface area contributed by atoms with E-state index >= 15 is 0 Å². The van der Waals surface area contributed by atoms with Gasteiger partial charge < -0.3 is 0 Å². The highest BCUT2D eigenvalue weighted by molar-refractivity contribution is 9.10. The standard InChI is InChI=1S/C13H7BrFNO2S/c14-7-4-8(19-6-7)5-16-11-9(12(17)13(16)18)2-1-3-10(11)15/h1-4,6H,5H2. The van der Waals surface area contributed by atoms with E-state index < -0.39 is 17.5 Å². The lowest BCUT2D eigenvalue weighted by atomic mass is 10.1. The number of rotatable bonds is 2. The number of thiophene rings is 1. The smallest absolute Gasteiger partial charge is 0.297 e. The van der Waals surface area contributed by atoms with E-state index in [-0.39, 0.29) is 17.8 Å². The number of amides is 1. The molecule has 1 amide bonds. The zero-order valence-corrected chi connectivity index (χ0v) is 11.9. The molecule has 1 aliphatic rings. The summed E-state index contributed by atoms with van der Waals surface area (Å²) in [5.74, 6) is -1.87. The highest BCUT2D eigenvalue weighted by atomic mass is 79.9.